The first-order chi connectivity index (χ1) is 11.7. The predicted molar refractivity (Wildman–Crippen MR) is 91.8 cm³/mol. The fourth-order valence-electron chi connectivity index (χ4n) is 2.25. The summed E-state index contributed by atoms with van der Waals surface area (Å²) in [5, 5.41) is 3.09. The van der Waals surface area contributed by atoms with Crippen LogP contribution in [0.15, 0.2) is 60.7 Å². The first kappa shape index (κ1) is 16.5. The van der Waals surface area contributed by atoms with E-state index in [4.69, 9.17) is 9.47 Å². The zero-order valence-corrected chi connectivity index (χ0v) is 13.7. The minimum Gasteiger partial charge on any atom is -0.460 e. The Morgan fingerprint density at radius 2 is 1.54 bits per heavy atom. The number of hydrogen-bond acceptors (Lipinski definition) is 6. The van der Waals surface area contributed by atoms with Gasteiger partial charge in [0.25, 0.3) is 0 Å². The van der Waals surface area contributed by atoms with E-state index in [9.17, 15) is 9.59 Å². The maximum Gasteiger partial charge on any atom is 0.339 e. The lowest BCUT2D eigenvalue weighted by atomic mass is 10.2. The number of ether oxygens (including phenoxy) is 2. The molecule has 0 saturated carbocycles. The smallest absolute Gasteiger partial charge is 0.339 e. The van der Waals surface area contributed by atoms with Crippen molar-refractivity contribution in [2.24, 2.45) is 0 Å². The number of rotatable bonds is 5. The molecule has 0 bridgehead atoms. The summed E-state index contributed by atoms with van der Waals surface area (Å²) in [4.78, 5) is 23.9. The number of nitrogens with one attached hydrogen (secondary N) is 1. The monoisotopic (exact) mass is 343 g/mol. The summed E-state index contributed by atoms with van der Waals surface area (Å²) < 4.78 is 10.7. The summed E-state index contributed by atoms with van der Waals surface area (Å²) in [6.07, 6.45) is 0. The van der Waals surface area contributed by atoms with E-state index in [2.05, 4.69) is 5.32 Å². The number of carbonyl (C=O) groups is 2. The van der Waals surface area contributed by atoms with E-state index < -0.39 is 0 Å². The van der Waals surface area contributed by atoms with Crippen LogP contribution in [-0.4, -0.2) is 35.9 Å². The molecule has 5 nitrogen and oxygen atoms in total. The first-order valence-electron chi connectivity index (χ1n) is 7.59. The van der Waals surface area contributed by atoms with Crippen LogP contribution in [0.3, 0.4) is 0 Å². The Labute approximate surface area is 144 Å². The van der Waals surface area contributed by atoms with Gasteiger partial charge in [0.1, 0.15) is 6.61 Å². The van der Waals surface area contributed by atoms with Gasteiger partial charge in [-0.3, -0.25) is 5.32 Å². The van der Waals surface area contributed by atoms with Gasteiger partial charge < -0.3 is 9.47 Å². The summed E-state index contributed by atoms with van der Waals surface area (Å²) in [6, 6.07) is 17.7. The Kier molecular flexibility index (Phi) is 5.51. The standard InChI is InChI=1S/C18H17NO4S/c20-17(13-7-3-1-4-8-13)22-12-15-19-11-16(24-15)23-18(21)14-9-5-2-6-10-14/h1-10,15-16,19H,11-12H2. The molecule has 1 fully saturated rings. The van der Waals surface area contributed by atoms with Crippen LogP contribution in [0.5, 0.6) is 0 Å². The van der Waals surface area contributed by atoms with Crippen molar-refractivity contribution in [3.05, 3.63) is 71.8 Å². The summed E-state index contributed by atoms with van der Waals surface area (Å²) >= 11 is 1.44. The Morgan fingerprint density at radius 3 is 2.17 bits per heavy atom. The zero-order chi connectivity index (χ0) is 16.8. The van der Waals surface area contributed by atoms with E-state index in [0.29, 0.717) is 17.7 Å². The van der Waals surface area contributed by atoms with Crippen molar-refractivity contribution in [1.29, 1.82) is 0 Å². The second kappa shape index (κ2) is 7.99. The van der Waals surface area contributed by atoms with Crippen molar-refractivity contribution in [1.82, 2.24) is 5.32 Å². The van der Waals surface area contributed by atoms with Crippen molar-refractivity contribution < 1.29 is 19.1 Å². The molecule has 0 radical (unpaired) electrons. The molecule has 2 aromatic rings. The summed E-state index contributed by atoms with van der Waals surface area (Å²) in [7, 11) is 0. The van der Waals surface area contributed by atoms with Gasteiger partial charge in [0.2, 0.25) is 0 Å². The van der Waals surface area contributed by atoms with Crippen LogP contribution in [0.25, 0.3) is 0 Å². The van der Waals surface area contributed by atoms with E-state index in [1.807, 2.05) is 12.1 Å². The first-order valence-corrected chi connectivity index (χ1v) is 8.54. The van der Waals surface area contributed by atoms with Gasteiger partial charge in [-0.25, -0.2) is 9.59 Å². The molecule has 1 saturated heterocycles. The van der Waals surface area contributed by atoms with Crippen LogP contribution in [-0.2, 0) is 9.47 Å². The third-order valence-corrected chi connectivity index (χ3v) is 4.65. The molecule has 1 aliphatic heterocycles. The number of hydrogen-bond donors (Lipinski definition) is 1. The van der Waals surface area contributed by atoms with Gasteiger partial charge in [-0.15, -0.1) is 0 Å². The van der Waals surface area contributed by atoms with Gasteiger partial charge in [0, 0.05) is 6.54 Å². The number of thioether (sulfide) groups is 1. The summed E-state index contributed by atoms with van der Waals surface area (Å²) in [5.41, 5.74) is 0.753. The quantitative estimate of drug-likeness (QED) is 0.842. The Balaban J connectivity index is 1.44. The van der Waals surface area contributed by atoms with Gasteiger partial charge in [-0.1, -0.05) is 48.2 Å². The van der Waals surface area contributed by atoms with E-state index in [0.717, 1.165) is 0 Å². The van der Waals surface area contributed by atoms with E-state index in [1.165, 1.54) is 11.8 Å². The molecule has 1 heterocycles. The maximum absolute atomic E-state index is 12.0. The average molecular weight is 343 g/mol. The molecule has 0 aliphatic carbocycles. The van der Waals surface area contributed by atoms with E-state index in [-0.39, 0.29) is 29.4 Å². The van der Waals surface area contributed by atoms with Crippen LogP contribution in [0, 0.1) is 0 Å². The Bertz CT molecular complexity index is 693. The van der Waals surface area contributed by atoms with Crippen molar-refractivity contribution in [2.75, 3.05) is 13.2 Å². The molecular weight excluding hydrogens is 326 g/mol. The zero-order valence-electron chi connectivity index (χ0n) is 12.9. The van der Waals surface area contributed by atoms with Crippen molar-refractivity contribution in [3.63, 3.8) is 0 Å². The molecule has 2 unspecified atom stereocenters. The molecule has 6 heteroatoms. The number of carbonyl (C=O) groups excluding carboxylic acids is 2. The van der Waals surface area contributed by atoms with E-state index >= 15 is 0 Å². The summed E-state index contributed by atoms with van der Waals surface area (Å²) in [6.45, 7) is 0.745. The van der Waals surface area contributed by atoms with Gasteiger partial charge in [0.15, 0.2) is 5.44 Å². The highest BCUT2D eigenvalue weighted by Gasteiger charge is 2.29. The van der Waals surface area contributed by atoms with Gasteiger partial charge in [-0.05, 0) is 24.3 Å². The lowest BCUT2D eigenvalue weighted by Gasteiger charge is -2.12. The molecular formula is C18H17NO4S. The highest BCUT2D eigenvalue weighted by Crippen LogP contribution is 2.24. The largest absolute Gasteiger partial charge is 0.460 e. The second-order valence-corrected chi connectivity index (χ2v) is 6.57. The predicted octanol–water partition coefficient (Wildman–Crippen LogP) is 2.69. The third kappa shape index (κ3) is 4.37. The highest BCUT2D eigenvalue weighted by molar-refractivity contribution is 8.00. The average Bonchev–Trinajstić information content (AvgIpc) is 3.08. The molecule has 2 aromatic carbocycles. The van der Waals surface area contributed by atoms with Crippen LogP contribution >= 0.6 is 11.8 Å². The normalized spacial score (nSPS) is 19.7. The Morgan fingerprint density at radius 1 is 0.958 bits per heavy atom. The highest BCUT2D eigenvalue weighted by atomic mass is 32.2. The van der Waals surface area contributed by atoms with Gasteiger partial charge in [0.05, 0.1) is 16.5 Å². The Hall–Kier alpha value is -2.31. The molecule has 1 N–H and O–H groups in total. The molecule has 1 aliphatic rings. The van der Waals surface area contributed by atoms with Crippen molar-refractivity contribution in [2.45, 2.75) is 10.8 Å². The van der Waals surface area contributed by atoms with Crippen LogP contribution in [0.4, 0.5) is 0 Å². The fourth-order valence-corrected chi connectivity index (χ4v) is 3.29. The molecule has 0 amide bonds. The summed E-state index contributed by atoms with van der Waals surface area (Å²) in [5.74, 6) is -0.709. The molecule has 2 atom stereocenters. The van der Waals surface area contributed by atoms with E-state index in [1.54, 1.807) is 48.5 Å². The van der Waals surface area contributed by atoms with Crippen LogP contribution in [0.1, 0.15) is 20.7 Å². The fraction of sp³-hybridized carbons (Fsp3) is 0.222. The molecule has 0 aromatic heterocycles. The minimum atomic E-state index is -0.359. The third-order valence-electron chi connectivity index (χ3n) is 3.45. The SMILES string of the molecule is O=C(OCC1NCC(OC(=O)c2ccccc2)S1)c1ccccc1. The second-order valence-electron chi connectivity index (χ2n) is 5.20. The van der Waals surface area contributed by atoms with Gasteiger partial charge >= 0.3 is 11.9 Å². The topological polar surface area (TPSA) is 64.6 Å². The molecule has 124 valence electrons. The van der Waals surface area contributed by atoms with Crippen LogP contribution in [0.2, 0.25) is 0 Å². The van der Waals surface area contributed by atoms with Gasteiger partial charge in [-0.2, -0.15) is 0 Å². The number of esters is 2. The van der Waals surface area contributed by atoms with Crippen molar-refractivity contribution >= 4 is 23.7 Å². The maximum atomic E-state index is 12.0. The molecule has 24 heavy (non-hydrogen) atoms. The molecule has 0 spiro atoms. The van der Waals surface area contributed by atoms with Crippen molar-refractivity contribution in [3.8, 4) is 0 Å². The molecule has 3 rings (SSSR count). The lowest BCUT2D eigenvalue weighted by Crippen LogP contribution is -2.27. The lowest BCUT2D eigenvalue weighted by molar-refractivity contribution is 0.0469. The van der Waals surface area contributed by atoms with Crippen LogP contribution < -0.4 is 5.32 Å². The number of benzene rings is 2. The minimum absolute atomic E-state index is 0.0914.